The van der Waals surface area contributed by atoms with Gasteiger partial charge in [-0.25, -0.2) is 9.37 Å². The van der Waals surface area contributed by atoms with E-state index in [1.54, 1.807) is 4.68 Å². The van der Waals surface area contributed by atoms with Gasteiger partial charge < -0.3 is 20.3 Å². The van der Waals surface area contributed by atoms with Gasteiger partial charge in [0, 0.05) is 29.4 Å². The standard InChI is InChI=1S/C23H24FN9O/c1-21(2)8-13(9-23-10-17(23)33(21)23)26-18-14(24)11-25-20(28-18)27-12-5-6-16-15(7-12)32-19(29-30-31-32)22(3,4)34-16/h5-7,10-11,13H,8-9H2,1-4H3,(H2,25,26,27,28). The second-order valence-corrected chi connectivity index (χ2v) is 10.6. The first kappa shape index (κ1) is 19.7. The van der Waals surface area contributed by atoms with E-state index in [0.717, 1.165) is 12.8 Å². The van der Waals surface area contributed by atoms with Gasteiger partial charge in [-0.3, -0.25) is 0 Å². The van der Waals surface area contributed by atoms with Crippen LogP contribution in [0.3, 0.4) is 0 Å². The second kappa shape index (κ2) is 6.02. The molecule has 0 bridgehead atoms. The minimum atomic E-state index is -0.645. The molecule has 11 heteroatoms. The zero-order chi connectivity index (χ0) is 23.5. The summed E-state index contributed by atoms with van der Waals surface area (Å²) in [6.07, 6.45) is 5.34. The Hall–Kier alpha value is -3.76. The molecule has 0 radical (unpaired) electrons. The summed E-state index contributed by atoms with van der Waals surface area (Å²) in [4.78, 5) is 11.0. The van der Waals surface area contributed by atoms with Gasteiger partial charge in [-0.1, -0.05) is 0 Å². The summed E-state index contributed by atoms with van der Waals surface area (Å²) in [5, 5.41) is 18.5. The van der Waals surface area contributed by atoms with E-state index in [2.05, 4.69) is 61.0 Å². The molecule has 34 heavy (non-hydrogen) atoms. The lowest BCUT2D eigenvalue weighted by atomic mass is 9.86. The Bertz CT molecular complexity index is 1400. The molecule has 3 aliphatic heterocycles. The van der Waals surface area contributed by atoms with Crippen molar-refractivity contribution in [1.29, 1.82) is 0 Å². The topological polar surface area (TPSA) is 106 Å². The van der Waals surface area contributed by atoms with Crippen molar-refractivity contribution >= 4 is 17.5 Å². The number of nitrogens with zero attached hydrogens (tertiary/aromatic N) is 7. The third-order valence-corrected chi connectivity index (χ3v) is 7.14. The summed E-state index contributed by atoms with van der Waals surface area (Å²) in [6, 6.07) is 5.68. The van der Waals surface area contributed by atoms with E-state index in [4.69, 9.17) is 4.74 Å². The van der Waals surface area contributed by atoms with Crippen molar-refractivity contribution in [2.75, 3.05) is 10.6 Å². The fourth-order valence-electron chi connectivity index (χ4n) is 5.68. The number of hydrogen-bond acceptors (Lipinski definition) is 9. The third-order valence-electron chi connectivity index (χ3n) is 7.14. The molecule has 2 unspecified atom stereocenters. The number of anilines is 3. The minimum Gasteiger partial charge on any atom is -0.478 e. The van der Waals surface area contributed by atoms with Gasteiger partial charge in [0.05, 0.1) is 6.20 Å². The Morgan fingerprint density at radius 1 is 1.18 bits per heavy atom. The van der Waals surface area contributed by atoms with E-state index < -0.39 is 11.4 Å². The highest BCUT2D eigenvalue weighted by Gasteiger charge is 2.74. The Morgan fingerprint density at radius 3 is 2.82 bits per heavy atom. The van der Waals surface area contributed by atoms with Gasteiger partial charge in [0.1, 0.15) is 17.0 Å². The lowest BCUT2D eigenvalue weighted by Gasteiger charge is -2.41. The molecule has 5 heterocycles. The van der Waals surface area contributed by atoms with Gasteiger partial charge in [0.25, 0.3) is 0 Å². The molecule has 2 N–H and O–H groups in total. The summed E-state index contributed by atoms with van der Waals surface area (Å²) in [7, 11) is 0. The van der Waals surface area contributed by atoms with E-state index >= 15 is 0 Å². The third kappa shape index (κ3) is 2.69. The molecule has 1 aliphatic carbocycles. The fraction of sp³-hybridized carbons (Fsp3) is 0.435. The molecule has 1 spiro atoms. The zero-order valence-corrected chi connectivity index (χ0v) is 19.3. The zero-order valence-electron chi connectivity index (χ0n) is 19.3. The van der Waals surface area contributed by atoms with E-state index in [1.165, 1.54) is 11.9 Å². The molecule has 10 nitrogen and oxygen atoms in total. The summed E-state index contributed by atoms with van der Waals surface area (Å²) in [5.74, 6) is 1.31. The van der Waals surface area contributed by atoms with Crippen LogP contribution >= 0.6 is 0 Å². The predicted octanol–water partition coefficient (Wildman–Crippen LogP) is 3.27. The Kier molecular flexibility index (Phi) is 3.49. The Balaban J connectivity index is 1.13. The summed E-state index contributed by atoms with van der Waals surface area (Å²) in [6.45, 7) is 8.30. The second-order valence-electron chi connectivity index (χ2n) is 10.6. The highest BCUT2D eigenvalue weighted by Crippen LogP contribution is 2.69. The van der Waals surface area contributed by atoms with Crippen molar-refractivity contribution in [2.24, 2.45) is 0 Å². The maximum absolute atomic E-state index is 14.6. The van der Waals surface area contributed by atoms with E-state index in [-0.39, 0.29) is 22.9 Å². The molecule has 0 amide bonds. The van der Waals surface area contributed by atoms with Crippen molar-refractivity contribution in [3.63, 3.8) is 0 Å². The van der Waals surface area contributed by atoms with Gasteiger partial charge in [0.15, 0.2) is 23.1 Å². The van der Waals surface area contributed by atoms with Crippen molar-refractivity contribution in [3.05, 3.63) is 47.8 Å². The highest BCUT2D eigenvalue weighted by molar-refractivity contribution is 5.65. The maximum Gasteiger partial charge on any atom is 0.229 e. The number of aromatic nitrogens is 6. The first-order valence-electron chi connectivity index (χ1n) is 11.4. The van der Waals surface area contributed by atoms with E-state index in [9.17, 15) is 4.39 Å². The number of nitrogens with one attached hydrogen (secondary N) is 2. The van der Waals surface area contributed by atoms with E-state index in [1.807, 2.05) is 32.0 Å². The van der Waals surface area contributed by atoms with Crippen molar-refractivity contribution in [3.8, 4) is 11.4 Å². The highest BCUT2D eigenvalue weighted by atomic mass is 19.1. The molecule has 174 valence electrons. The molecule has 2 atom stereocenters. The SMILES string of the molecule is CC1(C)Oc2ccc(Nc3ncc(F)c(NC4CC(C)(C)N5C6=CC65C4)n3)cc2-n2nnnc21. The number of rotatable bonds is 4. The lowest BCUT2D eigenvalue weighted by molar-refractivity contribution is 0.0854. The number of hydrogen-bond donors (Lipinski definition) is 2. The molecule has 2 saturated heterocycles. The first-order chi connectivity index (χ1) is 16.2. The van der Waals surface area contributed by atoms with Crippen LogP contribution in [0.15, 0.2) is 36.2 Å². The molecular formula is C23H24FN9O. The van der Waals surface area contributed by atoms with Crippen molar-refractivity contribution in [1.82, 2.24) is 35.1 Å². The molecule has 2 aromatic heterocycles. The number of benzene rings is 1. The van der Waals surface area contributed by atoms with Crippen LogP contribution in [0.2, 0.25) is 0 Å². The van der Waals surface area contributed by atoms with Crippen LogP contribution in [0.4, 0.5) is 21.8 Å². The molecule has 2 fully saturated rings. The molecule has 0 saturated carbocycles. The van der Waals surface area contributed by atoms with Crippen LogP contribution in [0, 0.1) is 5.82 Å². The molecule has 3 aromatic rings. The van der Waals surface area contributed by atoms with Crippen LogP contribution < -0.4 is 15.4 Å². The van der Waals surface area contributed by atoms with Crippen molar-refractivity contribution in [2.45, 2.75) is 63.3 Å². The number of halogens is 1. The van der Waals surface area contributed by atoms with E-state index in [0.29, 0.717) is 28.9 Å². The average Bonchev–Trinajstić information content (AvgIpc) is 3.50. The maximum atomic E-state index is 14.6. The number of piperidine rings is 1. The molecular weight excluding hydrogens is 437 g/mol. The minimum absolute atomic E-state index is 0.0550. The largest absolute Gasteiger partial charge is 0.478 e. The van der Waals surface area contributed by atoms with Crippen LogP contribution in [0.1, 0.15) is 46.4 Å². The van der Waals surface area contributed by atoms with Crippen LogP contribution in [0.25, 0.3) is 5.69 Å². The van der Waals surface area contributed by atoms with Crippen LogP contribution in [0.5, 0.6) is 5.75 Å². The average molecular weight is 462 g/mol. The van der Waals surface area contributed by atoms with Gasteiger partial charge in [-0.05, 0) is 68.8 Å². The predicted molar refractivity (Wildman–Crippen MR) is 121 cm³/mol. The van der Waals surface area contributed by atoms with Crippen LogP contribution in [-0.4, -0.2) is 52.2 Å². The summed E-state index contributed by atoms with van der Waals surface area (Å²) in [5.41, 5.74) is 2.39. The Labute approximate surface area is 195 Å². The normalized spacial score (nSPS) is 26.2. The number of fused-ring (bicyclic) bond motifs is 4. The molecule has 7 rings (SSSR count). The van der Waals surface area contributed by atoms with Gasteiger partial charge in [0.2, 0.25) is 5.95 Å². The molecule has 1 aromatic carbocycles. The number of ether oxygens (including phenoxy) is 1. The summed E-state index contributed by atoms with van der Waals surface area (Å²) < 4.78 is 22.4. The van der Waals surface area contributed by atoms with Crippen LogP contribution in [-0.2, 0) is 5.60 Å². The fourth-order valence-corrected chi connectivity index (χ4v) is 5.68. The van der Waals surface area contributed by atoms with Gasteiger partial charge in [-0.15, -0.1) is 5.10 Å². The van der Waals surface area contributed by atoms with Gasteiger partial charge >= 0.3 is 0 Å². The smallest absolute Gasteiger partial charge is 0.229 e. The first-order valence-corrected chi connectivity index (χ1v) is 11.4. The molecule has 4 aliphatic rings. The Morgan fingerprint density at radius 2 is 2.03 bits per heavy atom. The van der Waals surface area contributed by atoms with Crippen molar-refractivity contribution < 1.29 is 9.13 Å². The quantitative estimate of drug-likeness (QED) is 0.566. The number of tetrazole rings is 1. The summed E-state index contributed by atoms with van der Waals surface area (Å²) >= 11 is 0. The van der Waals surface area contributed by atoms with Gasteiger partial charge in [-0.2, -0.15) is 9.67 Å². The monoisotopic (exact) mass is 461 g/mol. The lowest BCUT2D eigenvalue weighted by Crippen LogP contribution is -2.48.